The lowest BCUT2D eigenvalue weighted by Gasteiger charge is -2.17. The molecule has 0 amide bonds. The summed E-state index contributed by atoms with van der Waals surface area (Å²) in [6.07, 6.45) is 7.06. The summed E-state index contributed by atoms with van der Waals surface area (Å²) in [5.41, 5.74) is 3.28. The van der Waals surface area contributed by atoms with Crippen molar-refractivity contribution in [1.29, 1.82) is 0 Å². The Kier molecular flexibility index (Phi) is 5.02. The van der Waals surface area contributed by atoms with Crippen molar-refractivity contribution in [3.05, 3.63) is 47.8 Å². The fourth-order valence-corrected chi connectivity index (χ4v) is 4.28. The third-order valence-corrected chi connectivity index (χ3v) is 6.01. The molecule has 0 saturated heterocycles. The van der Waals surface area contributed by atoms with Crippen molar-refractivity contribution in [3.8, 4) is 5.75 Å². The number of benzene rings is 1. The van der Waals surface area contributed by atoms with Gasteiger partial charge in [-0.3, -0.25) is 9.48 Å². The van der Waals surface area contributed by atoms with Crippen LogP contribution in [0.2, 0.25) is 0 Å². The van der Waals surface area contributed by atoms with Crippen molar-refractivity contribution >= 4 is 22.7 Å². The number of carboxylic acid groups (broad SMARTS) is 1. The lowest BCUT2D eigenvalue weighted by Crippen LogP contribution is -2.16. The number of aryl methyl sites for hydroxylation is 1. The molecule has 0 bridgehead atoms. The van der Waals surface area contributed by atoms with E-state index >= 15 is 0 Å². The molecule has 2 aromatic heterocycles. The fraction of sp³-hybridized carbons (Fsp3) is 0.435. The second-order valence-corrected chi connectivity index (χ2v) is 8.25. The second kappa shape index (κ2) is 7.97. The summed E-state index contributed by atoms with van der Waals surface area (Å²) in [6, 6.07) is 10.1. The van der Waals surface area contributed by atoms with Crippen LogP contribution in [0.1, 0.15) is 43.0 Å². The number of anilines is 1. The molecule has 0 radical (unpaired) electrons. The molecule has 1 aliphatic carbocycles. The van der Waals surface area contributed by atoms with E-state index in [9.17, 15) is 9.90 Å². The van der Waals surface area contributed by atoms with Crippen LogP contribution in [0.3, 0.4) is 0 Å². The monoisotopic (exact) mass is 406 g/mol. The van der Waals surface area contributed by atoms with Gasteiger partial charge in [0.15, 0.2) is 0 Å². The van der Waals surface area contributed by atoms with E-state index in [2.05, 4.69) is 22.5 Å². The summed E-state index contributed by atoms with van der Waals surface area (Å²) in [7, 11) is 0. The summed E-state index contributed by atoms with van der Waals surface area (Å²) in [5.74, 6) is 1.44. The normalized spacial score (nSPS) is 16.7. The highest BCUT2D eigenvalue weighted by Crippen LogP contribution is 2.42. The molecule has 1 unspecified atom stereocenters. The predicted molar refractivity (Wildman–Crippen MR) is 114 cm³/mol. The van der Waals surface area contributed by atoms with E-state index in [-0.39, 0.29) is 12.5 Å². The summed E-state index contributed by atoms with van der Waals surface area (Å²) >= 11 is 0. The van der Waals surface area contributed by atoms with Gasteiger partial charge >= 0.3 is 5.97 Å². The molecule has 7 heteroatoms. The zero-order chi connectivity index (χ0) is 20.5. The van der Waals surface area contributed by atoms with Crippen LogP contribution in [0.4, 0.5) is 5.82 Å². The highest BCUT2D eigenvalue weighted by molar-refractivity contribution is 5.80. The van der Waals surface area contributed by atoms with Crippen molar-refractivity contribution < 1.29 is 14.6 Å². The quantitative estimate of drug-likeness (QED) is 0.591. The Morgan fingerprint density at radius 1 is 1.30 bits per heavy atom. The molecule has 2 N–H and O–H groups in total. The summed E-state index contributed by atoms with van der Waals surface area (Å²) in [6.45, 7) is 1.54. The minimum atomic E-state index is -0.776. The van der Waals surface area contributed by atoms with E-state index < -0.39 is 5.97 Å². The smallest absolute Gasteiger partial charge is 0.305 e. The molecule has 3 heterocycles. The van der Waals surface area contributed by atoms with Gasteiger partial charge in [0, 0.05) is 24.0 Å². The molecule has 1 aliphatic heterocycles. The molecule has 5 rings (SSSR count). The highest BCUT2D eigenvalue weighted by atomic mass is 16.5. The van der Waals surface area contributed by atoms with Gasteiger partial charge in [0.2, 0.25) is 0 Å². The Balaban J connectivity index is 1.25. The van der Waals surface area contributed by atoms with Crippen LogP contribution in [0.15, 0.2) is 36.5 Å². The number of hydrogen-bond donors (Lipinski definition) is 2. The first-order valence-electron chi connectivity index (χ1n) is 10.7. The van der Waals surface area contributed by atoms with Gasteiger partial charge in [-0.25, -0.2) is 4.98 Å². The zero-order valence-corrected chi connectivity index (χ0v) is 16.9. The third-order valence-electron chi connectivity index (χ3n) is 6.01. The van der Waals surface area contributed by atoms with Crippen molar-refractivity contribution in [3.63, 3.8) is 0 Å². The first-order valence-corrected chi connectivity index (χ1v) is 10.7. The highest BCUT2D eigenvalue weighted by Gasteiger charge is 2.35. The molecular formula is C23H26N4O3. The molecular weight excluding hydrogens is 380 g/mol. The number of fused-ring (bicyclic) bond motifs is 2. The number of aromatic nitrogens is 3. The Morgan fingerprint density at radius 3 is 3.03 bits per heavy atom. The standard InChI is InChI=1S/C23H26N4O3/c28-22(29)13-21(15-3-4-15)27-20-8-7-19(12-17(20)14-25-27)30-11-9-18-6-5-16-2-1-10-24-23(16)26-18/h5-8,12,14-15,21H,1-4,9-11,13H2,(H,24,26)(H,28,29). The molecule has 1 atom stereocenters. The van der Waals surface area contributed by atoms with Gasteiger partial charge in [0.1, 0.15) is 11.6 Å². The van der Waals surface area contributed by atoms with Crippen LogP contribution in [0, 0.1) is 5.92 Å². The van der Waals surface area contributed by atoms with Crippen LogP contribution in [-0.4, -0.2) is 39.0 Å². The van der Waals surface area contributed by atoms with E-state index in [4.69, 9.17) is 9.72 Å². The van der Waals surface area contributed by atoms with Crippen LogP contribution >= 0.6 is 0 Å². The van der Waals surface area contributed by atoms with Crippen molar-refractivity contribution in [2.75, 3.05) is 18.5 Å². The van der Waals surface area contributed by atoms with Gasteiger partial charge in [-0.15, -0.1) is 0 Å². The second-order valence-electron chi connectivity index (χ2n) is 8.25. The summed E-state index contributed by atoms with van der Waals surface area (Å²) < 4.78 is 7.85. The molecule has 2 aliphatic rings. The van der Waals surface area contributed by atoms with Gasteiger partial charge in [-0.2, -0.15) is 5.10 Å². The SMILES string of the molecule is O=C(O)CC(C1CC1)n1ncc2cc(OCCc3ccc4c(n3)NCCC4)ccc21. The first kappa shape index (κ1) is 18.9. The number of rotatable bonds is 8. The zero-order valence-electron chi connectivity index (χ0n) is 16.9. The van der Waals surface area contributed by atoms with Gasteiger partial charge in [-0.1, -0.05) is 6.07 Å². The topological polar surface area (TPSA) is 89.3 Å². The minimum absolute atomic E-state index is 0.0736. The lowest BCUT2D eigenvalue weighted by molar-refractivity contribution is -0.138. The van der Waals surface area contributed by atoms with Gasteiger partial charge < -0.3 is 15.2 Å². The fourth-order valence-electron chi connectivity index (χ4n) is 4.28. The maximum absolute atomic E-state index is 11.3. The largest absolute Gasteiger partial charge is 0.493 e. The van der Waals surface area contributed by atoms with Gasteiger partial charge in [-0.05, 0) is 61.4 Å². The van der Waals surface area contributed by atoms with E-state index in [1.54, 1.807) is 6.20 Å². The maximum Gasteiger partial charge on any atom is 0.305 e. The average molecular weight is 406 g/mol. The molecule has 30 heavy (non-hydrogen) atoms. The van der Waals surface area contributed by atoms with Crippen LogP contribution < -0.4 is 10.1 Å². The molecule has 1 aromatic carbocycles. The number of carboxylic acids is 1. The number of hydrogen-bond acceptors (Lipinski definition) is 5. The van der Waals surface area contributed by atoms with E-state index in [0.717, 1.165) is 66.8 Å². The predicted octanol–water partition coefficient (Wildman–Crippen LogP) is 3.84. The van der Waals surface area contributed by atoms with Crippen LogP contribution in [0.5, 0.6) is 5.75 Å². The Hall–Kier alpha value is -3.09. The first-order chi connectivity index (χ1) is 14.7. The molecule has 1 saturated carbocycles. The molecule has 0 spiro atoms. The number of pyridine rings is 1. The van der Waals surface area contributed by atoms with Crippen LogP contribution in [0.25, 0.3) is 10.9 Å². The summed E-state index contributed by atoms with van der Waals surface area (Å²) in [4.78, 5) is 16.0. The minimum Gasteiger partial charge on any atom is -0.493 e. The van der Waals surface area contributed by atoms with Gasteiger partial charge in [0.05, 0.1) is 30.8 Å². The number of nitrogens with one attached hydrogen (secondary N) is 1. The van der Waals surface area contributed by atoms with Crippen LogP contribution in [-0.2, 0) is 17.6 Å². The Labute approximate surface area is 175 Å². The van der Waals surface area contributed by atoms with Gasteiger partial charge in [0.25, 0.3) is 0 Å². The number of carbonyl (C=O) groups is 1. The van der Waals surface area contributed by atoms with E-state index in [1.807, 2.05) is 22.9 Å². The van der Waals surface area contributed by atoms with E-state index in [0.29, 0.717) is 12.5 Å². The van der Waals surface area contributed by atoms with Crippen molar-refractivity contribution in [2.45, 2.75) is 44.6 Å². The molecule has 156 valence electrons. The van der Waals surface area contributed by atoms with Crippen molar-refractivity contribution in [2.24, 2.45) is 5.92 Å². The number of aliphatic carboxylic acids is 1. The molecule has 7 nitrogen and oxygen atoms in total. The Morgan fingerprint density at radius 2 is 2.20 bits per heavy atom. The molecule has 1 fully saturated rings. The number of ether oxygens (including phenoxy) is 1. The third kappa shape index (κ3) is 3.97. The Bertz CT molecular complexity index is 1070. The lowest BCUT2D eigenvalue weighted by atomic mass is 10.1. The van der Waals surface area contributed by atoms with E-state index in [1.165, 1.54) is 5.56 Å². The number of nitrogens with zero attached hydrogens (tertiary/aromatic N) is 3. The summed E-state index contributed by atoms with van der Waals surface area (Å²) in [5, 5.41) is 18.1. The average Bonchev–Trinajstić information content (AvgIpc) is 3.51. The molecule has 3 aromatic rings. The van der Waals surface area contributed by atoms with Crippen molar-refractivity contribution in [1.82, 2.24) is 14.8 Å². The maximum atomic E-state index is 11.3.